The Morgan fingerprint density at radius 1 is 1.21 bits per heavy atom. The topological polar surface area (TPSA) is 139 Å². The molecule has 0 fully saturated rings. The van der Waals surface area contributed by atoms with Gasteiger partial charge in [0.25, 0.3) is 11.2 Å². The second kappa shape index (κ2) is 12.5. The van der Waals surface area contributed by atoms with Crippen LogP contribution >= 0.6 is 34.7 Å². The Balaban J connectivity index is 1.75. The maximum absolute atomic E-state index is 14.1. The van der Waals surface area contributed by atoms with Gasteiger partial charge < -0.3 is 9.47 Å². The summed E-state index contributed by atoms with van der Waals surface area (Å²) in [5.41, 5.74) is 0.828. The molecular formula is C29H24ClN5O6S2. The van der Waals surface area contributed by atoms with Crippen molar-refractivity contribution in [2.45, 2.75) is 43.0 Å². The summed E-state index contributed by atoms with van der Waals surface area (Å²) in [6.07, 6.45) is 4.33. The molecule has 5 rings (SSSR count). The molecule has 43 heavy (non-hydrogen) atoms. The highest BCUT2D eigenvalue weighted by molar-refractivity contribution is 7.99. The first-order chi connectivity index (χ1) is 20.6. The van der Waals surface area contributed by atoms with Gasteiger partial charge in [-0.15, -0.1) is 0 Å². The van der Waals surface area contributed by atoms with Gasteiger partial charge in [-0.2, -0.15) is 0 Å². The van der Waals surface area contributed by atoms with Gasteiger partial charge in [0.2, 0.25) is 0 Å². The molecule has 0 N–H and O–H groups in total. The van der Waals surface area contributed by atoms with Gasteiger partial charge in [-0.25, -0.2) is 19.8 Å². The third-order valence-corrected chi connectivity index (χ3v) is 8.51. The normalized spacial score (nSPS) is 14.8. The highest BCUT2D eigenvalue weighted by Crippen LogP contribution is 2.37. The second-order valence-corrected chi connectivity index (χ2v) is 12.0. The number of aromatic nitrogens is 3. The van der Waals surface area contributed by atoms with Crippen LogP contribution in [-0.2, 0) is 9.53 Å². The van der Waals surface area contributed by atoms with Crippen molar-refractivity contribution < 1.29 is 19.2 Å². The lowest BCUT2D eigenvalue weighted by Gasteiger charge is -2.26. The van der Waals surface area contributed by atoms with Crippen molar-refractivity contribution in [1.82, 2.24) is 14.5 Å². The summed E-state index contributed by atoms with van der Waals surface area (Å²) in [5, 5.41) is 12.4. The standard InChI is InChI=1S/C29H24ClN5O6S2/c1-15(2)41-27(37)24-16(3)33-29-34(25(24)20-14-18(30)6-8-21(20)40-4)26(36)23(43-29)13-17-12-19(35(38)39)7-9-22(17)42-28-31-10-5-11-32-28/h5-15,25H,1-4H3/b23-13-/t25-/m1/s1. The Hall–Kier alpha value is -4.33. The van der Waals surface area contributed by atoms with Gasteiger partial charge in [0.05, 0.1) is 33.9 Å². The molecule has 4 aromatic rings. The minimum atomic E-state index is -0.963. The average molecular weight is 638 g/mol. The van der Waals surface area contributed by atoms with E-state index in [0.717, 1.165) is 11.3 Å². The van der Waals surface area contributed by atoms with E-state index < -0.39 is 28.6 Å². The van der Waals surface area contributed by atoms with Crippen LogP contribution in [0.1, 0.15) is 37.9 Å². The number of allylic oxidation sites excluding steroid dienone is 1. The number of esters is 1. The molecule has 2 aromatic heterocycles. The van der Waals surface area contributed by atoms with Crippen LogP contribution in [0.4, 0.5) is 5.69 Å². The molecule has 0 radical (unpaired) electrons. The van der Waals surface area contributed by atoms with Crippen molar-refractivity contribution in [2.24, 2.45) is 4.99 Å². The number of hydrogen-bond donors (Lipinski definition) is 0. The summed E-state index contributed by atoms with van der Waals surface area (Å²) in [6.45, 7) is 5.13. The van der Waals surface area contributed by atoms with Crippen molar-refractivity contribution >= 4 is 52.4 Å². The van der Waals surface area contributed by atoms with Crippen LogP contribution in [0.3, 0.4) is 0 Å². The van der Waals surface area contributed by atoms with Crippen molar-refractivity contribution in [2.75, 3.05) is 7.11 Å². The highest BCUT2D eigenvalue weighted by Gasteiger charge is 2.35. The average Bonchev–Trinajstić information content (AvgIpc) is 3.27. The maximum atomic E-state index is 14.1. The highest BCUT2D eigenvalue weighted by atomic mass is 35.5. The number of hydrogen-bond acceptors (Lipinski definition) is 11. The number of methoxy groups -OCH3 is 1. The largest absolute Gasteiger partial charge is 0.496 e. The summed E-state index contributed by atoms with van der Waals surface area (Å²) >= 11 is 8.67. The van der Waals surface area contributed by atoms with E-state index >= 15 is 0 Å². The summed E-state index contributed by atoms with van der Waals surface area (Å²) in [6, 6.07) is 10.0. The molecule has 0 saturated carbocycles. The van der Waals surface area contributed by atoms with Crippen molar-refractivity contribution in [3.05, 3.63) is 112 Å². The number of carbonyl (C=O) groups excluding carboxylic acids is 1. The first-order valence-corrected chi connectivity index (χ1v) is 14.9. The summed E-state index contributed by atoms with van der Waals surface area (Å²) in [7, 11) is 1.48. The van der Waals surface area contributed by atoms with E-state index in [1.165, 1.54) is 35.6 Å². The molecule has 14 heteroatoms. The number of thiazole rings is 1. The van der Waals surface area contributed by atoms with Crippen molar-refractivity contribution in [1.29, 1.82) is 0 Å². The molecule has 3 heterocycles. The van der Waals surface area contributed by atoms with Crippen LogP contribution in [0.5, 0.6) is 5.75 Å². The van der Waals surface area contributed by atoms with Crippen LogP contribution in [0.15, 0.2) is 86.0 Å². The second-order valence-electron chi connectivity index (χ2n) is 9.53. The number of nitrogens with zero attached hydrogens (tertiary/aromatic N) is 5. The number of benzene rings is 2. The summed E-state index contributed by atoms with van der Waals surface area (Å²) < 4.78 is 12.8. The molecule has 0 saturated heterocycles. The van der Waals surface area contributed by atoms with Gasteiger partial charge in [-0.05, 0) is 74.5 Å². The quantitative estimate of drug-likeness (QED) is 0.116. The fourth-order valence-corrected chi connectivity index (χ4v) is 6.52. The molecule has 1 aliphatic rings. The first-order valence-electron chi connectivity index (χ1n) is 12.9. The molecule has 0 amide bonds. The van der Waals surface area contributed by atoms with E-state index in [-0.39, 0.29) is 15.8 Å². The Morgan fingerprint density at radius 2 is 1.95 bits per heavy atom. The number of ether oxygens (including phenoxy) is 2. The monoisotopic (exact) mass is 637 g/mol. The lowest BCUT2D eigenvalue weighted by Crippen LogP contribution is -2.40. The van der Waals surface area contributed by atoms with E-state index in [0.29, 0.717) is 42.4 Å². The molecule has 0 unspecified atom stereocenters. The Kier molecular flexibility index (Phi) is 8.76. The third kappa shape index (κ3) is 6.24. The third-order valence-electron chi connectivity index (χ3n) is 6.30. The zero-order chi connectivity index (χ0) is 30.8. The SMILES string of the molecule is COc1ccc(Cl)cc1[C@@H]1C(C(=O)OC(C)C)=C(C)N=c2s/c(=C\c3cc([N+](=O)[O-])ccc3Sc3ncccn3)c(=O)n21. The molecule has 220 valence electrons. The van der Waals surface area contributed by atoms with E-state index in [1.54, 1.807) is 69.6 Å². The first kappa shape index (κ1) is 30.1. The molecule has 0 bridgehead atoms. The van der Waals surface area contributed by atoms with E-state index in [2.05, 4.69) is 15.0 Å². The number of carbonyl (C=O) groups is 1. The number of nitro groups is 1. The smallest absolute Gasteiger partial charge is 0.338 e. The molecule has 11 nitrogen and oxygen atoms in total. The predicted octanol–water partition coefficient (Wildman–Crippen LogP) is 4.70. The molecule has 1 aliphatic heterocycles. The van der Waals surface area contributed by atoms with Crippen LogP contribution in [0.2, 0.25) is 5.02 Å². The lowest BCUT2D eigenvalue weighted by atomic mass is 9.95. The number of rotatable bonds is 8. The summed E-state index contributed by atoms with van der Waals surface area (Å²) in [4.78, 5) is 52.6. The molecule has 1 atom stereocenters. The zero-order valence-corrected chi connectivity index (χ0v) is 25.7. The predicted molar refractivity (Wildman–Crippen MR) is 162 cm³/mol. The van der Waals surface area contributed by atoms with E-state index in [4.69, 9.17) is 21.1 Å². The van der Waals surface area contributed by atoms with Crippen molar-refractivity contribution in [3.63, 3.8) is 0 Å². The molecule has 0 spiro atoms. The maximum Gasteiger partial charge on any atom is 0.338 e. The van der Waals surface area contributed by atoms with Gasteiger partial charge in [-0.1, -0.05) is 22.9 Å². The minimum Gasteiger partial charge on any atom is -0.496 e. The number of nitro benzene ring substituents is 1. The molecular weight excluding hydrogens is 614 g/mol. The van der Waals surface area contributed by atoms with Crippen LogP contribution < -0.4 is 19.6 Å². The number of fused-ring (bicyclic) bond motifs is 1. The fraction of sp³-hybridized carbons (Fsp3) is 0.207. The zero-order valence-electron chi connectivity index (χ0n) is 23.3. The molecule has 2 aromatic carbocycles. The fourth-order valence-electron chi connectivity index (χ4n) is 4.51. The van der Waals surface area contributed by atoms with Gasteiger partial charge in [0, 0.05) is 40.0 Å². The van der Waals surface area contributed by atoms with E-state index in [1.807, 2.05) is 0 Å². The van der Waals surface area contributed by atoms with Gasteiger partial charge >= 0.3 is 5.97 Å². The van der Waals surface area contributed by atoms with Gasteiger partial charge in [0.1, 0.15) is 11.8 Å². The van der Waals surface area contributed by atoms with Gasteiger partial charge in [0.15, 0.2) is 9.96 Å². The van der Waals surface area contributed by atoms with Crippen LogP contribution in [-0.4, -0.2) is 38.6 Å². The minimum absolute atomic E-state index is 0.145. The van der Waals surface area contributed by atoms with Crippen molar-refractivity contribution in [3.8, 4) is 5.75 Å². The lowest BCUT2D eigenvalue weighted by molar-refractivity contribution is -0.384. The van der Waals surface area contributed by atoms with Crippen LogP contribution in [0, 0.1) is 10.1 Å². The Bertz CT molecular complexity index is 1960. The van der Waals surface area contributed by atoms with Crippen LogP contribution in [0.25, 0.3) is 6.08 Å². The van der Waals surface area contributed by atoms with E-state index in [9.17, 15) is 19.7 Å². The van der Waals surface area contributed by atoms with Gasteiger partial charge in [-0.3, -0.25) is 19.5 Å². The molecule has 0 aliphatic carbocycles. The Morgan fingerprint density at radius 3 is 2.63 bits per heavy atom. The summed E-state index contributed by atoms with van der Waals surface area (Å²) in [5.74, 6) is -0.216. The number of non-ortho nitro benzene ring substituents is 1. The Labute approximate surface area is 258 Å². The number of halogens is 1.